The van der Waals surface area contributed by atoms with E-state index in [1.807, 2.05) is 65.2 Å². The van der Waals surface area contributed by atoms with Gasteiger partial charge in [0.05, 0.1) is 31.3 Å². The molecule has 0 N–H and O–H groups in total. The molecule has 0 atom stereocenters. The van der Waals surface area contributed by atoms with Gasteiger partial charge in [-0.3, -0.25) is 14.4 Å². The summed E-state index contributed by atoms with van der Waals surface area (Å²) in [6, 6.07) is 17.0. The van der Waals surface area contributed by atoms with Crippen LogP contribution in [0.4, 0.5) is 0 Å². The third-order valence-corrected chi connectivity index (χ3v) is 4.89. The van der Waals surface area contributed by atoms with Gasteiger partial charge in [-0.15, -0.1) is 10.2 Å². The predicted octanol–water partition coefficient (Wildman–Crippen LogP) is 3.93. The number of methoxy groups -OCH3 is 2. The van der Waals surface area contributed by atoms with Crippen molar-refractivity contribution in [3.05, 3.63) is 73.2 Å². The Morgan fingerprint density at radius 2 is 1.55 bits per heavy atom. The number of ether oxygens (including phenoxy) is 2. The lowest BCUT2D eigenvalue weighted by atomic mass is 10.1. The van der Waals surface area contributed by atoms with Crippen molar-refractivity contribution in [1.82, 2.24) is 29.5 Å². The summed E-state index contributed by atoms with van der Waals surface area (Å²) in [5, 5.41) is 8.79. The number of fused-ring (bicyclic) bond motifs is 1. The zero-order valence-electron chi connectivity index (χ0n) is 16.9. The van der Waals surface area contributed by atoms with Crippen LogP contribution in [0.2, 0.25) is 0 Å². The first-order chi connectivity index (χ1) is 15.3. The molecule has 8 heteroatoms. The summed E-state index contributed by atoms with van der Waals surface area (Å²) >= 11 is 0. The van der Waals surface area contributed by atoms with Crippen LogP contribution in [-0.4, -0.2) is 43.8 Å². The van der Waals surface area contributed by atoms with Gasteiger partial charge in [0.25, 0.3) is 5.78 Å². The Morgan fingerprint density at radius 1 is 0.774 bits per heavy atom. The molecule has 4 heterocycles. The molecule has 0 saturated carbocycles. The summed E-state index contributed by atoms with van der Waals surface area (Å²) < 4.78 is 12.8. The van der Waals surface area contributed by atoms with Crippen LogP contribution < -0.4 is 9.47 Å². The summed E-state index contributed by atoms with van der Waals surface area (Å²) in [7, 11) is 3.25. The van der Waals surface area contributed by atoms with Gasteiger partial charge in [0, 0.05) is 24.2 Å². The third kappa shape index (κ3) is 3.33. The number of aromatic nitrogens is 6. The van der Waals surface area contributed by atoms with Crippen LogP contribution in [0.15, 0.2) is 73.2 Å². The van der Waals surface area contributed by atoms with Gasteiger partial charge in [-0.1, -0.05) is 12.1 Å². The molecule has 0 aliphatic heterocycles. The van der Waals surface area contributed by atoms with Gasteiger partial charge in [-0.25, -0.2) is 4.98 Å². The maximum Gasteiger partial charge on any atom is 0.254 e. The van der Waals surface area contributed by atoms with E-state index < -0.39 is 0 Å². The van der Waals surface area contributed by atoms with Gasteiger partial charge in [-0.2, -0.15) is 0 Å². The molecule has 0 aliphatic rings. The summed E-state index contributed by atoms with van der Waals surface area (Å²) in [4.78, 5) is 13.7. The first kappa shape index (κ1) is 18.7. The Bertz CT molecular complexity index is 1350. The lowest BCUT2D eigenvalue weighted by molar-refractivity contribution is 0.404. The lowest BCUT2D eigenvalue weighted by Gasteiger charge is -2.09. The molecule has 0 unspecified atom stereocenters. The average molecular weight is 410 g/mol. The lowest BCUT2D eigenvalue weighted by Crippen LogP contribution is -2.03. The second-order valence-electron chi connectivity index (χ2n) is 6.69. The van der Waals surface area contributed by atoms with Crippen LogP contribution in [-0.2, 0) is 0 Å². The molecule has 0 amide bonds. The Morgan fingerprint density at radius 3 is 2.23 bits per heavy atom. The Balaban J connectivity index is 1.79. The number of hydrogen-bond acceptors (Lipinski definition) is 7. The molecule has 5 aromatic rings. The molecule has 4 aromatic heterocycles. The Kier molecular flexibility index (Phi) is 4.72. The molecule has 8 nitrogen and oxygen atoms in total. The normalized spacial score (nSPS) is 10.9. The summed E-state index contributed by atoms with van der Waals surface area (Å²) in [6.07, 6.45) is 5.37. The molecule has 0 radical (unpaired) electrons. The van der Waals surface area contributed by atoms with Gasteiger partial charge in [0.2, 0.25) is 0 Å². The van der Waals surface area contributed by atoms with Crippen LogP contribution in [0, 0.1) is 0 Å². The zero-order valence-corrected chi connectivity index (χ0v) is 16.9. The van der Waals surface area contributed by atoms with Gasteiger partial charge >= 0.3 is 0 Å². The van der Waals surface area contributed by atoms with Crippen molar-refractivity contribution in [1.29, 1.82) is 0 Å². The fourth-order valence-corrected chi connectivity index (χ4v) is 3.43. The Hall–Kier alpha value is -4.33. The highest BCUT2D eigenvalue weighted by molar-refractivity contribution is 5.77. The SMILES string of the molecule is COc1ccc(OC)c(-c2cn3c(-c4ccccn4)c(-c4ccccn4)nnc3n2)c1. The van der Waals surface area contributed by atoms with Crippen molar-refractivity contribution in [2.75, 3.05) is 14.2 Å². The van der Waals surface area contributed by atoms with E-state index in [0.29, 0.717) is 34.4 Å². The highest BCUT2D eigenvalue weighted by Gasteiger charge is 2.20. The quantitative estimate of drug-likeness (QED) is 0.434. The van der Waals surface area contributed by atoms with Gasteiger partial charge in [-0.05, 0) is 42.5 Å². The minimum absolute atomic E-state index is 0.445. The minimum atomic E-state index is 0.445. The molecule has 0 aliphatic carbocycles. The van der Waals surface area contributed by atoms with E-state index in [2.05, 4.69) is 20.2 Å². The van der Waals surface area contributed by atoms with Crippen molar-refractivity contribution in [2.45, 2.75) is 0 Å². The maximum absolute atomic E-state index is 5.54. The van der Waals surface area contributed by atoms with Crippen molar-refractivity contribution < 1.29 is 9.47 Å². The number of rotatable bonds is 5. The van der Waals surface area contributed by atoms with Gasteiger partial charge in [0.1, 0.15) is 22.9 Å². The van der Waals surface area contributed by atoms with E-state index in [0.717, 1.165) is 17.0 Å². The Labute approximate surface area is 178 Å². The molecule has 0 spiro atoms. The van der Waals surface area contributed by atoms with Gasteiger partial charge in [0.15, 0.2) is 0 Å². The standard InChI is InChI=1S/C23H18N6O2/c1-30-15-9-10-20(31-2)16(13-15)19-14-29-22(18-8-4-6-12-25-18)21(27-28-23(29)26-19)17-7-3-5-11-24-17/h3-14H,1-2H3. The fraction of sp³-hybridized carbons (Fsp3) is 0.0870. The fourth-order valence-electron chi connectivity index (χ4n) is 3.43. The smallest absolute Gasteiger partial charge is 0.254 e. The number of imidazole rings is 1. The van der Waals surface area contributed by atoms with E-state index in [1.165, 1.54) is 0 Å². The molecule has 152 valence electrons. The van der Waals surface area contributed by atoms with E-state index in [9.17, 15) is 0 Å². The van der Waals surface area contributed by atoms with E-state index in [-0.39, 0.29) is 0 Å². The van der Waals surface area contributed by atoms with Crippen molar-refractivity contribution in [3.63, 3.8) is 0 Å². The molecule has 0 saturated heterocycles. The molecule has 31 heavy (non-hydrogen) atoms. The van der Waals surface area contributed by atoms with Crippen molar-refractivity contribution in [3.8, 4) is 45.5 Å². The average Bonchev–Trinajstić information content (AvgIpc) is 3.28. The zero-order chi connectivity index (χ0) is 21.2. The number of nitrogens with zero attached hydrogens (tertiary/aromatic N) is 6. The molecular weight excluding hydrogens is 392 g/mol. The monoisotopic (exact) mass is 410 g/mol. The molecule has 1 aromatic carbocycles. The topological polar surface area (TPSA) is 87.3 Å². The van der Waals surface area contributed by atoms with Crippen LogP contribution >= 0.6 is 0 Å². The maximum atomic E-state index is 5.54. The van der Waals surface area contributed by atoms with Crippen LogP contribution in [0.25, 0.3) is 39.8 Å². The summed E-state index contributed by atoms with van der Waals surface area (Å²) in [5.74, 6) is 1.83. The van der Waals surface area contributed by atoms with Crippen LogP contribution in [0.5, 0.6) is 11.5 Å². The predicted molar refractivity (Wildman–Crippen MR) is 116 cm³/mol. The van der Waals surface area contributed by atoms with E-state index in [4.69, 9.17) is 14.5 Å². The molecule has 5 rings (SSSR count). The van der Waals surface area contributed by atoms with Crippen LogP contribution in [0.1, 0.15) is 0 Å². The number of benzene rings is 1. The summed E-state index contributed by atoms with van der Waals surface area (Å²) in [6.45, 7) is 0. The first-order valence-electron chi connectivity index (χ1n) is 9.59. The van der Waals surface area contributed by atoms with Crippen molar-refractivity contribution in [2.24, 2.45) is 0 Å². The van der Waals surface area contributed by atoms with Gasteiger partial charge < -0.3 is 9.47 Å². The largest absolute Gasteiger partial charge is 0.497 e. The third-order valence-electron chi connectivity index (χ3n) is 4.89. The second kappa shape index (κ2) is 7.83. The van der Waals surface area contributed by atoms with E-state index >= 15 is 0 Å². The number of hydrogen-bond donors (Lipinski definition) is 0. The molecule has 0 bridgehead atoms. The first-order valence-corrected chi connectivity index (χ1v) is 9.59. The summed E-state index contributed by atoms with van der Waals surface area (Å²) in [5.41, 5.74) is 4.29. The highest BCUT2D eigenvalue weighted by Crippen LogP contribution is 2.35. The van der Waals surface area contributed by atoms with E-state index in [1.54, 1.807) is 26.6 Å². The molecular formula is C23H18N6O2. The highest BCUT2D eigenvalue weighted by atomic mass is 16.5. The van der Waals surface area contributed by atoms with Crippen molar-refractivity contribution >= 4 is 5.78 Å². The second-order valence-corrected chi connectivity index (χ2v) is 6.69. The minimum Gasteiger partial charge on any atom is -0.497 e. The molecule has 0 fully saturated rings. The number of pyridine rings is 2. The van der Waals surface area contributed by atoms with Crippen LogP contribution in [0.3, 0.4) is 0 Å².